The lowest BCUT2D eigenvalue weighted by molar-refractivity contribution is -0.144. The van der Waals surface area contributed by atoms with Crippen molar-refractivity contribution in [2.75, 3.05) is 0 Å². The number of aliphatic hydroxyl groups excluding tert-OH is 1. The third-order valence-electron chi connectivity index (χ3n) is 2.77. The number of carbonyl (C=O) groups is 3. The zero-order chi connectivity index (χ0) is 16.0. The minimum absolute atomic E-state index is 0.213. The highest BCUT2D eigenvalue weighted by molar-refractivity contribution is 5.96. The lowest BCUT2D eigenvalue weighted by Gasteiger charge is -2.12. The van der Waals surface area contributed by atoms with Crippen molar-refractivity contribution in [3.05, 3.63) is 29.3 Å². The Labute approximate surface area is 120 Å². The first-order chi connectivity index (χ1) is 9.86. The minimum Gasteiger partial charge on any atom is -0.478 e. The summed E-state index contributed by atoms with van der Waals surface area (Å²) in [5.74, 6) is -3.98. The van der Waals surface area contributed by atoms with Gasteiger partial charge in [-0.05, 0) is 24.6 Å². The van der Waals surface area contributed by atoms with Crippen LogP contribution in [0.4, 0.5) is 0 Å². The number of ether oxygens (including phenoxy) is 1. The Morgan fingerprint density at radius 1 is 1.19 bits per heavy atom. The number of hydrogen-bond donors (Lipinski definition) is 3. The predicted molar refractivity (Wildman–Crippen MR) is 71.5 cm³/mol. The third-order valence-corrected chi connectivity index (χ3v) is 2.77. The molecule has 0 aromatic heterocycles. The Bertz CT molecular complexity index is 550. The maximum absolute atomic E-state index is 11.6. The first kappa shape index (κ1) is 16.6. The quantitative estimate of drug-likeness (QED) is 0.515. The minimum atomic E-state index is -1.43. The van der Waals surface area contributed by atoms with Crippen LogP contribution in [0.2, 0.25) is 0 Å². The van der Waals surface area contributed by atoms with Gasteiger partial charge in [-0.25, -0.2) is 14.4 Å². The number of benzene rings is 1. The Morgan fingerprint density at radius 3 is 2.38 bits per heavy atom. The van der Waals surface area contributed by atoms with Gasteiger partial charge in [0.25, 0.3) is 0 Å². The highest BCUT2D eigenvalue weighted by Crippen LogP contribution is 2.21. The fourth-order valence-corrected chi connectivity index (χ4v) is 1.61. The molecule has 0 spiro atoms. The van der Waals surface area contributed by atoms with Crippen LogP contribution in [-0.4, -0.2) is 39.3 Å². The van der Waals surface area contributed by atoms with Gasteiger partial charge in [-0.3, -0.25) is 0 Å². The predicted octanol–water partition coefficient (Wildman–Crippen LogP) is 1.54. The van der Waals surface area contributed by atoms with Gasteiger partial charge < -0.3 is 20.1 Å². The summed E-state index contributed by atoms with van der Waals surface area (Å²) in [7, 11) is 0. The van der Waals surface area contributed by atoms with Crippen molar-refractivity contribution in [2.45, 2.75) is 32.3 Å². The van der Waals surface area contributed by atoms with Gasteiger partial charge in [0.05, 0.1) is 5.56 Å². The van der Waals surface area contributed by atoms with Crippen LogP contribution in [0.5, 0.6) is 5.75 Å². The normalized spacial score (nSPS) is 11.7. The van der Waals surface area contributed by atoms with E-state index in [0.717, 1.165) is 24.6 Å². The molecule has 0 aliphatic heterocycles. The van der Waals surface area contributed by atoms with Crippen molar-refractivity contribution < 1.29 is 34.4 Å². The maximum Gasteiger partial charge on any atom is 0.340 e. The summed E-state index contributed by atoms with van der Waals surface area (Å²) < 4.78 is 4.84. The Kier molecular flexibility index (Phi) is 5.86. The topological polar surface area (TPSA) is 121 Å². The number of carboxylic acid groups (broad SMARTS) is 2. The van der Waals surface area contributed by atoms with E-state index in [4.69, 9.17) is 14.9 Å². The van der Waals surface area contributed by atoms with E-state index in [-0.39, 0.29) is 17.7 Å². The lowest BCUT2D eigenvalue weighted by Crippen LogP contribution is -2.26. The van der Waals surface area contributed by atoms with Crippen LogP contribution in [0, 0.1) is 0 Å². The van der Waals surface area contributed by atoms with Gasteiger partial charge in [0.15, 0.2) is 6.10 Å². The van der Waals surface area contributed by atoms with E-state index in [1.807, 2.05) is 6.92 Å². The monoisotopic (exact) mass is 296 g/mol. The molecule has 1 atom stereocenters. The molecule has 0 radical (unpaired) electrons. The summed E-state index contributed by atoms with van der Waals surface area (Å²) in [5, 5.41) is 27.4. The average Bonchev–Trinajstić information content (AvgIpc) is 2.44. The molecule has 7 heteroatoms. The molecule has 21 heavy (non-hydrogen) atoms. The standard InChI is InChI=1S/C14H16O7/c1-2-3-4-10(15)14(20)21-11-6-5-8(12(16)17)7-9(11)13(18)19/h5-7,10,15H,2-4H2,1H3,(H,16,17)(H,18,19). The van der Waals surface area contributed by atoms with Gasteiger partial charge in [-0.1, -0.05) is 19.8 Å². The molecule has 1 unspecified atom stereocenters. The van der Waals surface area contributed by atoms with Gasteiger partial charge in [-0.2, -0.15) is 0 Å². The van der Waals surface area contributed by atoms with Gasteiger partial charge >= 0.3 is 17.9 Å². The zero-order valence-electron chi connectivity index (χ0n) is 11.4. The van der Waals surface area contributed by atoms with Crippen LogP contribution >= 0.6 is 0 Å². The Hall–Kier alpha value is -2.41. The Balaban J connectivity index is 2.94. The number of esters is 1. The largest absolute Gasteiger partial charge is 0.478 e. The number of rotatable bonds is 7. The summed E-state index contributed by atoms with van der Waals surface area (Å²) in [6.07, 6.45) is 0.286. The van der Waals surface area contributed by atoms with Gasteiger partial charge in [0, 0.05) is 0 Å². The summed E-state index contributed by atoms with van der Waals surface area (Å²) in [6, 6.07) is 3.10. The number of aromatic carboxylic acids is 2. The number of carboxylic acids is 2. The maximum atomic E-state index is 11.6. The van der Waals surface area contributed by atoms with Crippen molar-refractivity contribution in [1.82, 2.24) is 0 Å². The fourth-order valence-electron chi connectivity index (χ4n) is 1.61. The van der Waals surface area contributed by atoms with E-state index in [1.165, 1.54) is 0 Å². The highest BCUT2D eigenvalue weighted by Gasteiger charge is 2.21. The molecule has 7 nitrogen and oxygen atoms in total. The molecular formula is C14H16O7. The molecule has 0 fully saturated rings. The molecule has 0 bridgehead atoms. The third kappa shape index (κ3) is 4.57. The van der Waals surface area contributed by atoms with Gasteiger partial charge in [0.2, 0.25) is 0 Å². The summed E-state index contributed by atoms with van der Waals surface area (Å²) in [5.41, 5.74) is -0.690. The number of aliphatic hydroxyl groups is 1. The number of carbonyl (C=O) groups excluding carboxylic acids is 1. The van der Waals surface area contributed by atoms with Crippen molar-refractivity contribution >= 4 is 17.9 Å². The van der Waals surface area contributed by atoms with E-state index in [2.05, 4.69) is 0 Å². The molecule has 0 saturated carbocycles. The molecule has 0 heterocycles. The summed E-state index contributed by atoms with van der Waals surface area (Å²) in [4.78, 5) is 33.5. The molecule has 3 N–H and O–H groups in total. The SMILES string of the molecule is CCCCC(O)C(=O)Oc1ccc(C(=O)O)cc1C(=O)O. The van der Waals surface area contributed by atoms with Crippen LogP contribution in [-0.2, 0) is 4.79 Å². The number of unbranched alkanes of at least 4 members (excludes halogenated alkanes) is 1. The summed E-state index contributed by atoms with van der Waals surface area (Å²) >= 11 is 0. The second kappa shape index (κ2) is 7.39. The van der Waals surface area contributed by atoms with Gasteiger partial charge in [-0.15, -0.1) is 0 Å². The van der Waals surface area contributed by atoms with Gasteiger partial charge in [0.1, 0.15) is 11.3 Å². The molecule has 0 aliphatic rings. The fraction of sp³-hybridized carbons (Fsp3) is 0.357. The molecule has 0 saturated heterocycles. The van der Waals surface area contributed by atoms with Crippen LogP contribution < -0.4 is 4.74 Å². The molecule has 0 aliphatic carbocycles. The second-order valence-electron chi connectivity index (χ2n) is 4.40. The molecule has 1 aromatic carbocycles. The zero-order valence-corrected chi connectivity index (χ0v) is 11.4. The van der Waals surface area contributed by atoms with Crippen LogP contribution in [0.15, 0.2) is 18.2 Å². The van der Waals surface area contributed by atoms with Crippen molar-refractivity contribution in [1.29, 1.82) is 0 Å². The van der Waals surface area contributed by atoms with Crippen molar-refractivity contribution in [2.24, 2.45) is 0 Å². The first-order valence-electron chi connectivity index (χ1n) is 6.37. The molecule has 114 valence electrons. The highest BCUT2D eigenvalue weighted by atomic mass is 16.5. The van der Waals surface area contributed by atoms with E-state index in [9.17, 15) is 19.5 Å². The second-order valence-corrected chi connectivity index (χ2v) is 4.40. The van der Waals surface area contributed by atoms with E-state index in [0.29, 0.717) is 6.42 Å². The average molecular weight is 296 g/mol. The molecule has 1 aromatic rings. The van der Waals surface area contributed by atoms with Crippen LogP contribution in [0.3, 0.4) is 0 Å². The van der Waals surface area contributed by atoms with Crippen LogP contribution in [0.1, 0.15) is 46.9 Å². The van der Waals surface area contributed by atoms with E-state index < -0.39 is 29.6 Å². The van der Waals surface area contributed by atoms with Crippen molar-refractivity contribution in [3.8, 4) is 5.75 Å². The molecular weight excluding hydrogens is 280 g/mol. The smallest absolute Gasteiger partial charge is 0.340 e. The summed E-state index contributed by atoms with van der Waals surface area (Å²) in [6.45, 7) is 1.89. The molecule has 0 amide bonds. The van der Waals surface area contributed by atoms with E-state index >= 15 is 0 Å². The van der Waals surface area contributed by atoms with E-state index in [1.54, 1.807) is 0 Å². The lowest BCUT2D eigenvalue weighted by atomic mass is 10.1. The van der Waals surface area contributed by atoms with Crippen LogP contribution in [0.25, 0.3) is 0 Å². The Morgan fingerprint density at radius 2 is 1.86 bits per heavy atom. The number of hydrogen-bond acceptors (Lipinski definition) is 5. The molecule has 1 rings (SSSR count). The van der Waals surface area contributed by atoms with Crippen molar-refractivity contribution in [3.63, 3.8) is 0 Å². The first-order valence-corrected chi connectivity index (χ1v) is 6.37.